The van der Waals surface area contributed by atoms with E-state index in [1.54, 1.807) is 29.8 Å². The van der Waals surface area contributed by atoms with Crippen LogP contribution < -0.4 is 10.5 Å². The molecule has 0 fully saturated rings. The highest BCUT2D eigenvalue weighted by Crippen LogP contribution is 2.36. The topological polar surface area (TPSA) is 120 Å². The number of primary amides is 1. The molecule has 3 heterocycles. The molecule has 0 saturated carbocycles. The highest BCUT2D eigenvalue weighted by Gasteiger charge is 2.39. The van der Waals surface area contributed by atoms with Crippen molar-refractivity contribution in [3.8, 4) is 17.2 Å². The summed E-state index contributed by atoms with van der Waals surface area (Å²) in [6.45, 7) is 2.21. The number of benzene rings is 1. The minimum atomic E-state index is -4.78. The number of hydrogen-bond acceptors (Lipinski definition) is 5. The van der Waals surface area contributed by atoms with E-state index < -0.39 is 38.9 Å². The van der Waals surface area contributed by atoms with E-state index in [4.69, 9.17) is 5.73 Å². The Morgan fingerprint density at radius 2 is 1.86 bits per heavy atom. The lowest BCUT2D eigenvalue weighted by Crippen LogP contribution is -2.42. The third kappa shape index (κ3) is 4.54. The van der Waals surface area contributed by atoms with Crippen molar-refractivity contribution in [2.75, 3.05) is 0 Å². The molecule has 0 radical (unpaired) electrons. The molecule has 188 valence electrons. The molecule has 3 N–H and O–H groups in total. The monoisotopic (exact) mass is 521 g/mol. The molecular weight excluding hydrogens is 502 g/mol. The first kappa shape index (κ1) is 25.3. The van der Waals surface area contributed by atoms with Gasteiger partial charge in [-0.3, -0.25) is 14.3 Å². The van der Waals surface area contributed by atoms with Crippen LogP contribution in [-0.4, -0.2) is 41.1 Å². The van der Waals surface area contributed by atoms with E-state index in [-0.39, 0.29) is 22.3 Å². The third-order valence-corrected chi connectivity index (χ3v) is 7.01. The van der Waals surface area contributed by atoms with Crippen LogP contribution >= 0.6 is 0 Å². The van der Waals surface area contributed by atoms with Crippen LogP contribution in [0.4, 0.5) is 17.6 Å². The summed E-state index contributed by atoms with van der Waals surface area (Å²) in [7, 11) is -4.56. The predicted octanol–water partition coefficient (Wildman–Crippen LogP) is 3.86. The van der Waals surface area contributed by atoms with Crippen molar-refractivity contribution in [2.45, 2.75) is 31.0 Å². The number of fused-ring (bicyclic) bond motifs is 1. The van der Waals surface area contributed by atoms with Crippen LogP contribution in [0.2, 0.25) is 0 Å². The van der Waals surface area contributed by atoms with Gasteiger partial charge in [-0.1, -0.05) is 6.07 Å². The largest absolute Gasteiger partial charge is 0.404 e. The molecule has 1 atom stereocenters. The second kappa shape index (κ2) is 8.99. The summed E-state index contributed by atoms with van der Waals surface area (Å²) in [4.78, 5) is 20.4. The van der Waals surface area contributed by atoms with Crippen LogP contribution in [0.1, 0.15) is 22.8 Å². The zero-order valence-electron chi connectivity index (χ0n) is 18.8. The Kier molecular flexibility index (Phi) is 6.31. The van der Waals surface area contributed by atoms with Crippen molar-refractivity contribution in [2.24, 2.45) is 5.73 Å². The molecule has 4 rings (SSSR count). The Bertz CT molecular complexity index is 1570. The molecule has 0 aliphatic carbocycles. The molecule has 0 aliphatic rings. The molecule has 13 heteroatoms. The molecule has 1 aromatic carbocycles. The number of halogens is 4. The van der Waals surface area contributed by atoms with Gasteiger partial charge in [-0.2, -0.15) is 17.9 Å². The van der Waals surface area contributed by atoms with E-state index in [0.717, 1.165) is 18.3 Å². The maximum Gasteiger partial charge on any atom is 0.404 e. The molecule has 4 aromatic rings. The van der Waals surface area contributed by atoms with E-state index in [0.29, 0.717) is 23.8 Å². The number of carbonyl (C=O) groups is 1. The molecule has 0 spiro atoms. The van der Waals surface area contributed by atoms with Crippen molar-refractivity contribution in [1.29, 1.82) is 0 Å². The van der Waals surface area contributed by atoms with Crippen LogP contribution in [0.25, 0.3) is 28.1 Å². The summed E-state index contributed by atoms with van der Waals surface area (Å²) in [6.07, 6.45) is -2.42. The minimum absolute atomic E-state index is 0.0616. The van der Waals surface area contributed by atoms with E-state index in [1.807, 2.05) is 0 Å². The van der Waals surface area contributed by atoms with Gasteiger partial charge in [0.1, 0.15) is 22.6 Å². The number of nitrogens with zero attached hydrogens (tertiary/aromatic N) is 3. The number of nitrogens with two attached hydrogens (primary N) is 1. The lowest BCUT2D eigenvalue weighted by molar-refractivity contribution is -0.147. The van der Waals surface area contributed by atoms with Crippen LogP contribution in [0, 0.1) is 12.7 Å². The van der Waals surface area contributed by atoms with Gasteiger partial charge >= 0.3 is 6.18 Å². The van der Waals surface area contributed by atoms with Crippen LogP contribution in [0.3, 0.4) is 0 Å². The van der Waals surface area contributed by atoms with E-state index in [2.05, 4.69) is 9.97 Å². The first-order chi connectivity index (χ1) is 16.8. The van der Waals surface area contributed by atoms with E-state index in [9.17, 15) is 30.8 Å². The molecule has 8 nitrogen and oxygen atoms in total. The molecule has 3 aromatic heterocycles. The Morgan fingerprint density at radius 3 is 2.42 bits per heavy atom. The van der Waals surface area contributed by atoms with Crippen molar-refractivity contribution < 1.29 is 30.8 Å². The molecule has 0 saturated heterocycles. The molecule has 0 bridgehead atoms. The normalized spacial score (nSPS) is 13.2. The fourth-order valence-electron chi connectivity index (χ4n) is 3.67. The number of alkyl halides is 3. The summed E-state index contributed by atoms with van der Waals surface area (Å²) in [5.41, 5.74) is 6.44. The fraction of sp³-hybridized carbons (Fsp3) is 0.174. The third-order valence-electron chi connectivity index (χ3n) is 5.48. The second-order valence-corrected chi connectivity index (χ2v) is 9.71. The lowest BCUT2D eigenvalue weighted by atomic mass is 10.1. The Balaban J connectivity index is 1.93. The average Bonchev–Trinajstić information content (AvgIpc) is 3.13. The highest BCUT2D eigenvalue weighted by atomic mass is 32.2. The number of sulfonamides is 1. The van der Waals surface area contributed by atoms with Crippen LogP contribution in [0.5, 0.6) is 0 Å². The number of carbonyl (C=O) groups excluding carboxylic acids is 1. The zero-order valence-corrected chi connectivity index (χ0v) is 19.7. The number of aryl methyl sites for hydroxylation is 1. The lowest BCUT2D eigenvalue weighted by Gasteiger charge is -2.17. The minimum Gasteiger partial charge on any atom is -0.366 e. The highest BCUT2D eigenvalue weighted by molar-refractivity contribution is 7.89. The average molecular weight is 521 g/mol. The van der Waals surface area contributed by atoms with Crippen molar-refractivity contribution in [3.05, 3.63) is 71.8 Å². The van der Waals surface area contributed by atoms with Crippen molar-refractivity contribution in [3.63, 3.8) is 0 Å². The summed E-state index contributed by atoms with van der Waals surface area (Å²) < 4.78 is 80.9. The van der Waals surface area contributed by atoms with Gasteiger partial charge in [-0.05, 0) is 55.8 Å². The van der Waals surface area contributed by atoms with Gasteiger partial charge in [0, 0.05) is 17.8 Å². The first-order valence-corrected chi connectivity index (χ1v) is 11.9. The number of rotatable bonds is 6. The predicted molar refractivity (Wildman–Crippen MR) is 123 cm³/mol. The zero-order chi connectivity index (χ0) is 26.4. The molecule has 0 unspecified atom stereocenters. The Morgan fingerprint density at radius 1 is 1.14 bits per heavy atom. The summed E-state index contributed by atoms with van der Waals surface area (Å²) in [6, 6.07) is 7.60. The van der Waals surface area contributed by atoms with E-state index >= 15 is 0 Å². The number of pyridine rings is 2. The van der Waals surface area contributed by atoms with Gasteiger partial charge < -0.3 is 5.73 Å². The Labute approximate surface area is 202 Å². The van der Waals surface area contributed by atoms with Gasteiger partial charge in [0.2, 0.25) is 10.0 Å². The van der Waals surface area contributed by atoms with Gasteiger partial charge in [-0.15, -0.1) is 0 Å². The van der Waals surface area contributed by atoms with Gasteiger partial charge in [0.15, 0.2) is 0 Å². The molecule has 1 amide bonds. The molecular formula is C23H19F4N5O3S. The summed E-state index contributed by atoms with van der Waals surface area (Å²) in [5.74, 6) is -1.13. The SMILES string of the molecule is Cc1cc2c(cc1F)c(C(N)=O)c(-c1ccc(S(=O)(=O)N[C@@H](C)C(F)(F)F)cn1)n2-c1ccccn1. The number of aromatic nitrogens is 3. The molecule has 36 heavy (non-hydrogen) atoms. The Hall–Kier alpha value is -3.84. The standard InChI is InChI=1S/C23H19F4N5O3S/c1-12-9-18-15(10-16(12)24)20(22(28)33)21(32(18)19-5-3-4-8-29-19)17-7-6-14(11-30-17)36(34,35)31-13(2)23(25,26)27/h3-11,13,31H,1-2H3,(H2,28,33)/t13-/m0/s1. The second-order valence-electron chi connectivity index (χ2n) is 7.99. The fourth-order valence-corrected chi connectivity index (χ4v) is 4.85. The van der Waals surface area contributed by atoms with Gasteiger partial charge in [0.05, 0.1) is 22.5 Å². The molecule has 0 aliphatic heterocycles. The van der Waals surface area contributed by atoms with Crippen molar-refractivity contribution >= 4 is 26.8 Å². The maximum atomic E-state index is 14.5. The first-order valence-electron chi connectivity index (χ1n) is 10.4. The quantitative estimate of drug-likeness (QED) is 0.374. The van der Waals surface area contributed by atoms with Crippen LogP contribution in [0.15, 0.2) is 59.8 Å². The number of amides is 1. The number of hydrogen-bond donors (Lipinski definition) is 2. The summed E-state index contributed by atoms with van der Waals surface area (Å²) >= 11 is 0. The summed E-state index contributed by atoms with van der Waals surface area (Å²) in [5, 5.41) is 0.186. The maximum absolute atomic E-state index is 14.5. The van der Waals surface area contributed by atoms with E-state index in [1.165, 1.54) is 22.9 Å². The van der Waals surface area contributed by atoms with Crippen LogP contribution in [-0.2, 0) is 10.0 Å². The van der Waals surface area contributed by atoms with Gasteiger partial charge in [0.25, 0.3) is 5.91 Å². The number of nitrogens with one attached hydrogen (secondary N) is 1. The van der Waals surface area contributed by atoms with Gasteiger partial charge in [-0.25, -0.2) is 17.8 Å². The smallest absolute Gasteiger partial charge is 0.366 e. The van der Waals surface area contributed by atoms with Crippen molar-refractivity contribution in [1.82, 2.24) is 19.3 Å².